The van der Waals surface area contributed by atoms with Gasteiger partial charge in [0.2, 0.25) is 11.8 Å². The minimum Gasteiger partial charge on any atom is -0.494 e. The minimum absolute atomic E-state index is 0.0302. The van der Waals surface area contributed by atoms with Crippen LogP contribution < -0.4 is 15.4 Å². The number of anilines is 1. The van der Waals surface area contributed by atoms with E-state index in [0.717, 1.165) is 25.2 Å². The molecule has 2 N–H and O–H groups in total. The van der Waals surface area contributed by atoms with E-state index in [0.29, 0.717) is 25.1 Å². The summed E-state index contributed by atoms with van der Waals surface area (Å²) >= 11 is 0. The van der Waals surface area contributed by atoms with Gasteiger partial charge in [-0.1, -0.05) is 0 Å². The Morgan fingerprint density at radius 1 is 1.26 bits per heavy atom. The maximum atomic E-state index is 11.8. The van der Waals surface area contributed by atoms with E-state index in [2.05, 4.69) is 10.6 Å². The molecule has 1 unspecified atom stereocenters. The SMILES string of the molecule is CCOc1ccc(NC(=O)CNC(=O)CCC2CCCO2)cc1. The van der Waals surface area contributed by atoms with Crippen molar-refractivity contribution >= 4 is 17.5 Å². The van der Waals surface area contributed by atoms with E-state index < -0.39 is 0 Å². The summed E-state index contributed by atoms with van der Waals surface area (Å²) < 4.78 is 10.8. The molecule has 0 radical (unpaired) electrons. The molecule has 1 saturated heterocycles. The van der Waals surface area contributed by atoms with Gasteiger partial charge in [-0.3, -0.25) is 9.59 Å². The van der Waals surface area contributed by atoms with Gasteiger partial charge in [0.15, 0.2) is 0 Å². The van der Waals surface area contributed by atoms with Crippen molar-refractivity contribution in [2.24, 2.45) is 0 Å². The first-order valence-corrected chi connectivity index (χ1v) is 8.08. The van der Waals surface area contributed by atoms with Gasteiger partial charge in [0.25, 0.3) is 0 Å². The first-order valence-electron chi connectivity index (χ1n) is 8.08. The lowest BCUT2D eigenvalue weighted by atomic mass is 10.1. The highest BCUT2D eigenvalue weighted by atomic mass is 16.5. The van der Waals surface area contributed by atoms with E-state index in [4.69, 9.17) is 9.47 Å². The number of rotatable bonds is 8. The maximum Gasteiger partial charge on any atom is 0.243 e. The van der Waals surface area contributed by atoms with E-state index in [-0.39, 0.29) is 24.5 Å². The van der Waals surface area contributed by atoms with Gasteiger partial charge in [-0.25, -0.2) is 0 Å². The fraction of sp³-hybridized carbons (Fsp3) is 0.529. The van der Waals surface area contributed by atoms with Crippen LogP contribution in [0, 0.1) is 0 Å². The number of nitrogens with one attached hydrogen (secondary N) is 2. The predicted octanol–water partition coefficient (Wildman–Crippen LogP) is 2.10. The van der Waals surface area contributed by atoms with Gasteiger partial charge >= 0.3 is 0 Å². The highest BCUT2D eigenvalue weighted by molar-refractivity contribution is 5.94. The monoisotopic (exact) mass is 320 g/mol. The standard InChI is InChI=1S/C17H24N2O4/c1-2-22-15-7-5-13(6-8-15)19-17(21)12-18-16(20)10-9-14-4-3-11-23-14/h5-8,14H,2-4,9-12H2,1H3,(H,18,20)(H,19,21). The Bertz CT molecular complexity index is 510. The van der Waals surface area contributed by atoms with Crippen molar-refractivity contribution in [1.29, 1.82) is 0 Å². The summed E-state index contributed by atoms with van der Waals surface area (Å²) in [5.74, 6) is 0.384. The van der Waals surface area contributed by atoms with E-state index in [1.807, 2.05) is 6.92 Å². The fourth-order valence-electron chi connectivity index (χ4n) is 2.44. The van der Waals surface area contributed by atoms with Gasteiger partial charge < -0.3 is 20.1 Å². The molecule has 1 aromatic rings. The fourth-order valence-corrected chi connectivity index (χ4v) is 2.44. The highest BCUT2D eigenvalue weighted by Crippen LogP contribution is 2.17. The number of ether oxygens (including phenoxy) is 2. The van der Waals surface area contributed by atoms with Gasteiger partial charge in [0, 0.05) is 18.7 Å². The van der Waals surface area contributed by atoms with Crippen molar-refractivity contribution in [2.75, 3.05) is 25.1 Å². The van der Waals surface area contributed by atoms with Crippen LogP contribution in [0.5, 0.6) is 5.75 Å². The van der Waals surface area contributed by atoms with Gasteiger partial charge in [0.1, 0.15) is 5.75 Å². The molecule has 1 aliphatic heterocycles. The Kier molecular flexibility index (Phi) is 6.87. The Morgan fingerprint density at radius 2 is 2.04 bits per heavy atom. The second kappa shape index (κ2) is 9.15. The molecule has 1 heterocycles. The summed E-state index contributed by atoms with van der Waals surface area (Å²) in [6.07, 6.45) is 3.38. The first-order chi connectivity index (χ1) is 11.2. The van der Waals surface area contributed by atoms with Crippen molar-refractivity contribution in [3.63, 3.8) is 0 Å². The number of benzene rings is 1. The van der Waals surface area contributed by atoms with Crippen LogP contribution in [-0.4, -0.2) is 37.7 Å². The van der Waals surface area contributed by atoms with Gasteiger partial charge in [0.05, 0.1) is 19.3 Å². The summed E-state index contributed by atoms with van der Waals surface area (Å²) in [7, 11) is 0. The van der Waals surface area contributed by atoms with Crippen LogP contribution in [0.2, 0.25) is 0 Å². The third-order valence-corrected chi connectivity index (χ3v) is 3.61. The van der Waals surface area contributed by atoms with E-state index in [1.165, 1.54) is 0 Å². The molecule has 0 bridgehead atoms. The van der Waals surface area contributed by atoms with Crippen LogP contribution in [0.15, 0.2) is 24.3 Å². The molecule has 23 heavy (non-hydrogen) atoms. The van der Waals surface area contributed by atoms with Gasteiger partial charge in [-0.05, 0) is 50.5 Å². The molecular weight excluding hydrogens is 296 g/mol. The van der Waals surface area contributed by atoms with E-state index in [1.54, 1.807) is 24.3 Å². The molecule has 1 aromatic carbocycles. The number of carbonyl (C=O) groups is 2. The maximum absolute atomic E-state index is 11.8. The molecule has 6 nitrogen and oxygen atoms in total. The van der Waals surface area contributed by atoms with Crippen molar-refractivity contribution < 1.29 is 19.1 Å². The molecule has 0 saturated carbocycles. The lowest BCUT2D eigenvalue weighted by molar-refractivity contribution is -0.124. The second-order valence-corrected chi connectivity index (χ2v) is 5.46. The van der Waals surface area contributed by atoms with Crippen LogP contribution in [-0.2, 0) is 14.3 Å². The average Bonchev–Trinajstić information content (AvgIpc) is 3.06. The molecule has 126 valence electrons. The Hall–Kier alpha value is -2.08. The summed E-state index contributed by atoms with van der Waals surface area (Å²) in [6.45, 7) is 3.27. The summed E-state index contributed by atoms with van der Waals surface area (Å²) in [5.41, 5.74) is 0.673. The summed E-state index contributed by atoms with van der Waals surface area (Å²) in [4.78, 5) is 23.5. The zero-order chi connectivity index (χ0) is 16.5. The zero-order valence-electron chi connectivity index (χ0n) is 13.5. The zero-order valence-corrected chi connectivity index (χ0v) is 13.5. The van der Waals surface area contributed by atoms with Crippen LogP contribution in [0.1, 0.15) is 32.6 Å². The predicted molar refractivity (Wildman–Crippen MR) is 87.5 cm³/mol. The largest absolute Gasteiger partial charge is 0.494 e. The highest BCUT2D eigenvalue weighted by Gasteiger charge is 2.16. The molecule has 6 heteroatoms. The second-order valence-electron chi connectivity index (χ2n) is 5.46. The molecule has 0 spiro atoms. The number of hydrogen-bond donors (Lipinski definition) is 2. The summed E-state index contributed by atoms with van der Waals surface area (Å²) in [5, 5.41) is 5.36. The van der Waals surface area contributed by atoms with Crippen LogP contribution >= 0.6 is 0 Å². The number of amides is 2. The lowest BCUT2D eigenvalue weighted by Crippen LogP contribution is -2.33. The third-order valence-electron chi connectivity index (χ3n) is 3.61. The Balaban J connectivity index is 1.64. The molecular formula is C17H24N2O4. The lowest BCUT2D eigenvalue weighted by Gasteiger charge is -2.10. The molecule has 2 amide bonds. The van der Waals surface area contributed by atoms with Crippen molar-refractivity contribution in [2.45, 2.75) is 38.7 Å². The van der Waals surface area contributed by atoms with Gasteiger partial charge in [-0.15, -0.1) is 0 Å². The average molecular weight is 320 g/mol. The normalized spacial score (nSPS) is 16.8. The van der Waals surface area contributed by atoms with Crippen LogP contribution in [0.4, 0.5) is 5.69 Å². The van der Waals surface area contributed by atoms with Crippen molar-refractivity contribution in [3.8, 4) is 5.75 Å². The smallest absolute Gasteiger partial charge is 0.243 e. The number of hydrogen-bond acceptors (Lipinski definition) is 4. The van der Waals surface area contributed by atoms with Crippen molar-refractivity contribution in [3.05, 3.63) is 24.3 Å². The topological polar surface area (TPSA) is 76.7 Å². The molecule has 1 fully saturated rings. The molecule has 1 atom stereocenters. The molecule has 0 aliphatic carbocycles. The molecule has 2 rings (SSSR count). The van der Waals surface area contributed by atoms with E-state index >= 15 is 0 Å². The van der Waals surface area contributed by atoms with Crippen molar-refractivity contribution in [1.82, 2.24) is 5.32 Å². The minimum atomic E-state index is -0.250. The Labute approximate surface area is 136 Å². The quantitative estimate of drug-likeness (QED) is 0.769. The molecule has 1 aliphatic rings. The Morgan fingerprint density at radius 3 is 2.70 bits per heavy atom. The van der Waals surface area contributed by atoms with Gasteiger partial charge in [-0.2, -0.15) is 0 Å². The first kappa shape index (κ1) is 17.3. The third kappa shape index (κ3) is 6.28. The van der Waals surface area contributed by atoms with E-state index in [9.17, 15) is 9.59 Å². The van der Waals surface area contributed by atoms with Crippen LogP contribution in [0.25, 0.3) is 0 Å². The van der Waals surface area contributed by atoms with Crippen LogP contribution in [0.3, 0.4) is 0 Å². The molecule has 0 aromatic heterocycles. The summed E-state index contributed by atoms with van der Waals surface area (Å²) in [6, 6.07) is 7.11. The number of carbonyl (C=O) groups excluding carboxylic acids is 2.